The second-order valence-corrected chi connectivity index (χ2v) is 7.17. The maximum atomic E-state index is 12.6. The first kappa shape index (κ1) is 16.6. The Morgan fingerprint density at radius 3 is 2.88 bits per heavy atom. The minimum Gasteiger partial charge on any atom is -0.451 e. The van der Waals surface area contributed by atoms with Crippen molar-refractivity contribution in [2.75, 3.05) is 5.32 Å². The fraction of sp³-hybridized carbons (Fsp3) is 0.350. The Kier molecular flexibility index (Phi) is 3.90. The lowest BCUT2D eigenvalue weighted by Crippen LogP contribution is -2.17. The molecule has 1 amide bonds. The topological polar surface area (TPSA) is 85.3 Å². The number of anilines is 1. The van der Waals surface area contributed by atoms with Crippen LogP contribution in [0.1, 0.15) is 46.3 Å². The first-order valence-corrected chi connectivity index (χ1v) is 8.76. The van der Waals surface area contributed by atoms with Gasteiger partial charge in [0, 0.05) is 11.6 Å². The molecule has 6 heteroatoms. The van der Waals surface area contributed by atoms with Gasteiger partial charge in [-0.05, 0) is 56.2 Å². The van der Waals surface area contributed by atoms with Crippen LogP contribution in [0.15, 0.2) is 31.9 Å². The number of amides is 1. The molecule has 0 aliphatic heterocycles. The summed E-state index contributed by atoms with van der Waals surface area (Å²) in [5.74, 6) is 0.309. The molecule has 0 saturated heterocycles. The molecule has 2 heterocycles. The normalized spacial score (nSPS) is 16.5. The predicted octanol–water partition coefficient (Wildman–Crippen LogP) is 3.77. The predicted molar refractivity (Wildman–Crippen MR) is 97.6 cm³/mol. The van der Waals surface area contributed by atoms with Crippen molar-refractivity contribution in [3.8, 4) is 0 Å². The van der Waals surface area contributed by atoms with Gasteiger partial charge >= 0.3 is 0 Å². The van der Waals surface area contributed by atoms with E-state index in [2.05, 4.69) is 17.4 Å². The number of aromatic nitrogens is 1. The third-order valence-electron chi connectivity index (χ3n) is 4.92. The van der Waals surface area contributed by atoms with Gasteiger partial charge in [0.2, 0.25) is 5.88 Å². The first-order chi connectivity index (χ1) is 12.4. The van der Waals surface area contributed by atoms with Gasteiger partial charge in [0.15, 0.2) is 11.2 Å². The van der Waals surface area contributed by atoms with Crippen LogP contribution in [0.5, 0.6) is 0 Å². The Morgan fingerprint density at radius 1 is 1.27 bits per heavy atom. The molecule has 4 rings (SSSR count). The molecule has 0 fully saturated rings. The van der Waals surface area contributed by atoms with Crippen molar-refractivity contribution in [1.29, 1.82) is 0 Å². The van der Waals surface area contributed by atoms with Crippen LogP contribution in [0.2, 0.25) is 0 Å². The fourth-order valence-electron chi connectivity index (χ4n) is 3.62. The molecule has 0 radical (unpaired) electrons. The Morgan fingerprint density at radius 2 is 2.08 bits per heavy atom. The summed E-state index contributed by atoms with van der Waals surface area (Å²) < 4.78 is 11.0. The van der Waals surface area contributed by atoms with Crippen LogP contribution in [0.4, 0.5) is 5.88 Å². The van der Waals surface area contributed by atoms with Crippen LogP contribution in [-0.4, -0.2) is 11.1 Å². The summed E-state index contributed by atoms with van der Waals surface area (Å²) >= 11 is 0. The maximum absolute atomic E-state index is 12.6. The second-order valence-electron chi connectivity index (χ2n) is 7.17. The van der Waals surface area contributed by atoms with Gasteiger partial charge in [-0.1, -0.05) is 18.1 Å². The fourth-order valence-corrected chi connectivity index (χ4v) is 3.62. The third-order valence-corrected chi connectivity index (χ3v) is 4.92. The van der Waals surface area contributed by atoms with E-state index in [1.807, 2.05) is 19.9 Å². The largest absolute Gasteiger partial charge is 0.451 e. The van der Waals surface area contributed by atoms with Crippen molar-refractivity contribution in [1.82, 2.24) is 5.16 Å². The minimum absolute atomic E-state index is 0.0403. The van der Waals surface area contributed by atoms with E-state index >= 15 is 0 Å². The smallest absolute Gasteiger partial charge is 0.293 e. The van der Waals surface area contributed by atoms with E-state index in [-0.39, 0.29) is 11.2 Å². The van der Waals surface area contributed by atoms with E-state index in [0.717, 1.165) is 41.6 Å². The molecule has 3 aromatic rings. The van der Waals surface area contributed by atoms with Crippen LogP contribution < -0.4 is 10.7 Å². The lowest BCUT2D eigenvalue weighted by atomic mass is 9.89. The monoisotopic (exact) mass is 352 g/mol. The Labute approximate surface area is 150 Å². The molecule has 1 aromatic carbocycles. The summed E-state index contributed by atoms with van der Waals surface area (Å²) in [6, 6.07) is 4.91. The average Bonchev–Trinajstić information content (AvgIpc) is 2.95. The van der Waals surface area contributed by atoms with Crippen LogP contribution in [0.25, 0.3) is 11.0 Å². The van der Waals surface area contributed by atoms with Gasteiger partial charge in [0.05, 0.1) is 11.1 Å². The zero-order valence-corrected chi connectivity index (χ0v) is 15.0. The maximum Gasteiger partial charge on any atom is 0.293 e. The summed E-state index contributed by atoms with van der Waals surface area (Å²) in [5, 5.41) is 7.25. The highest BCUT2D eigenvalue weighted by Crippen LogP contribution is 2.31. The van der Waals surface area contributed by atoms with Crippen LogP contribution in [0.3, 0.4) is 0 Å². The minimum atomic E-state index is -0.514. The number of nitrogens with one attached hydrogen (secondary N) is 1. The molecule has 26 heavy (non-hydrogen) atoms. The molecule has 134 valence electrons. The number of hydrogen-bond acceptors (Lipinski definition) is 5. The molecule has 2 aromatic heterocycles. The standard InChI is InChI=1S/C20H20N2O4/c1-10-4-5-14-13(7-10)20(26-22-14)21-19(24)17-9-15(23)18-12(3)6-11(2)8-16(18)25-17/h6,8-10H,4-5,7H2,1-3H3,(H,21,24). The van der Waals surface area contributed by atoms with Crippen molar-refractivity contribution in [3.05, 3.63) is 56.6 Å². The molecule has 0 spiro atoms. The zero-order chi connectivity index (χ0) is 18.4. The number of rotatable bonds is 2. The van der Waals surface area contributed by atoms with E-state index in [9.17, 15) is 9.59 Å². The number of hydrogen-bond donors (Lipinski definition) is 1. The number of fused-ring (bicyclic) bond motifs is 2. The van der Waals surface area contributed by atoms with E-state index in [1.165, 1.54) is 6.07 Å². The van der Waals surface area contributed by atoms with E-state index in [0.29, 0.717) is 22.8 Å². The zero-order valence-electron chi connectivity index (χ0n) is 15.0. The first-order valence-electron chi connectivity index (χ1n) is 8.76. The molecule has 1 aliphatic rings. The van der Waals surface area contributed by atoms with Crippen molar-refractivity contribution in [2.45, 2.75) is 40.0 Å². The average molecular weight is 352 g/mol. The van der Waals surface area contributed by atoms with Crippen molar-refractivity contribution >= 4 is 22.8 Å². The number of benzene rings is 1. The van der Waals surface area contributed by atoms with Crippen LogP contribution in [0, 0.1) is 19.8 Å². The lowest BCUT2D eigenvalue weighted by molar-refractivity contribution is 0.0994. The summed E-state index contributed by atoms with van der Waals surface area (Å²) in [7, 11) is 0. The van der Waals surface area contributed by atoms with Crippen molar-refractivity contribution in [3.63, 3.8) is 0 Å². The molecular formula is C20H20N2O4. The SMILES string of the molecule is Cc1cc(C)c2c(=O)cc(C(=O)Nc3onc4c3CC(C)CC4)oc2c1. The highest BCUT2D eigenvalue weighted by atomic mass is 16.5. The van der Waals surface area contributed by atoms with Gasteiger partial charge in [-0.2, -0.15) is 0 Å². The molecular weight excluding hydrogens is 332 g/mol. The summed E-state index contributed by atoms with van der Waals surface area (Å²) in [6.45, 7) is 5.93. The van der Waals surface area contributed by atoms with Crippen LogP contribution >= 0.6 is 0 Å². The van der Waals surface area contributed by atoms with Gasteiger partial charge in [-0.15, -0.1) is 0 Å². The molecule has 6 nitrogen and oxygen atoms in total. The summed E-state index contributed by atoms with van der Waals surface area (Å²) in [5.41, 5.74) is 3.81. The van der Waals surface area contributed by atoms with E-state index < -0.39 is 5.91 Å². The highest BCUT2D eigenvalue weighted by Gasteiger charge is 2.25. The molecule has 1 aliphatic carbocycles. The van der Waals surface area contributed by atoms with Gasteiger partial charge < -0.3 is 8.94 Å². The Bertz CT molecular complexity index is 1080. The van der Waals surface area contributed by atoms with E-state index in [1.54, 1.807) is 6.07 Å². The molecule has 0 bridgehead atoms. The third kappa shape index (κ3) is 2.81. The van der Waals surface area contributed by atoms with Gasteiger partial charge in [-0.3, -0.25) is 14.9 Å². The van der Waals surface area contributed by atoms with Crippen LogP contribution in [-0.2, 0) is 12.8 Å². The second kappa shape index (κ2) is 6.12. The Balaban J connectivity index is 1.69. The number of carbonyl (C=O) groups is 1. The molecule has 0 saturated carbocycles. The molecule has 1 atom stereocenters. The van der Waals surface area contributed by atoms with E-state index in [4.69, 9.17) is 8.94 Å². The van der Waals surface area contributed by atoms with Crippen molar-refractivity contribution < 1.29 is 13.7 Å². The summed E-state index contributed by atoms with van der Waals surface area (Å²) in [4.78, 5) is 25.1. The number of nitrogens with zero attached hydrogens (tertiary/aromatic N) is 1. The van der Waals surface area contributed by atoms with Gasteiger partial charge in [0.1, 0.15) is 5.58 Å². The molecule has 1 unspecified atom stereocenters. The molecule has 1 N–H and O–H groups in total. The highest BCUT2D eigenvalue weighted by molar-refractivity contribution is 6.02. The number of aryl methyl sites for hydroxylation is 3. The van der Waals surface area contributed by atoms with Crippen molar-refractivity contribution in [2.24, 2.45) is 5.92 Å². The Hall–Kier alpha value is -2.89. The quantitative estimate of drug-likeness (QED) is 0.759. The van der Waals surface area contributed by atoms with Gasteiger partial charge in [0.25, 0.3) is 5.91 Å². The number of carbonyl (C=O) groups excluding carboxylic acids is 1. The summed E-state index contributed by atoms with van der Waals surface area (Å²) in [6.07, 6.45) is 2.72. The lowest BCUT2D eigenvalue weighted by Gasteiger charge is -2.16. The van der Waals surface area contributed by atoms with Gasteiger partial charge in [-0.25, -0.2) is 0 Å².